The van der Waals surface area contributed by atoms with Gasteiger partial charge in [0.1, 0.15) is 0 Å². The van der Waals surface area contributed by atoms with Crippen LogP contribution in [0, 0.1) is 0 Å². The van der Waals surface area contributed by atoms with E-state index in [9.17, 15) is 4.57 Å². The van der Waals surface area contributed by atoms with Crippen LogP contribution in [0.1, 0.15) is 13.8 Å². The summed E-state index contributed by atoms with van der Waals surface area (Å²) in [7, 11) is -4.08. The molecule has 3 unspecified atom stereocenters. The van der Waals surface area contributed by atoms with Crippen LogP contribution in [0.25, 0.3) is 0 Å². The molecule has 0 saturated heterocycles. The van der Waals surface area contributed by atoms with Crippen LogP contribution in [0.15, 0.2) is 0 Å². The number of alkyl halides is 1. The van der Waals surface area contributed by atoms with E-state index in [1.54, 1.807) is 6.92 Å². The van der Waals surface area contributed by atoms with E-state index in [4.69, 9.17) is 21.6 Å². The molecule has 0 aliphatic heterocycles. The number of rotatable bonds is 6. The second-order valence-electron chi connectivity index (χ2n) is 2.64. The summed E-state index contributed by atoms with van der Waals surface area (Å²) < 4.78 is 20.2. The molecule has 0 radical (unpaired) electrons. The van der Waals surface area contributed by atoms with Crippen LogP contribution in [-0.2, 0) is 13.6 Å². The SMILES string of the molecule is CC(CO)OP(=O)(O)OC(C)CCl. The Morgan fingerprint density at radius 2 is 1.85 bits per heavy atom. The molecule has 2 N–H and O–H groups in total. The van der Waals surface area contributed by atoms with Crippen molar-refractivity contribution in [3.8, 4) is 0 Å². The highest BCUT2D eigenvalue weighted by molar-refractivity contribution is 7.47. The van der Waals surface area contributed by atoms with Crippen molar-refractivity contribution < 1.29 is 23.6 Å². The molecule has 0 spiro atoms. The Balaban J connectivity index is 4.00. The summed E-state index contributed by atoms with van der Waals surface area (Å²) in [6.07, 6.45) is -1.30. The Morgan fingerprint density at radius 3 is 2.23 bits per heavy atom. The number of aliphatic hydroxyl groups excluding tert-OH is 1. The van der Waals surface area contributed by atoms with E-state index in [2.05, 4.69) is 9.05 Å². The van der Waals surface area contributed by atoms with Crippen LogP contribution >= 0.6 is 19.4 Å². The molecule has 13 heavy (non-hydrogen) atoms. The molecule has 0 aromatic carbocycles. The van der Waals surface area contributed by atoms with E-state index in [0.29, 0.717) is 0 Å². The van der Waals surface area contributed by atoms with E-state index in [0.717, 1.165) is 0 Å². The van der Waals surface area contributed by atoms with E-state index >= 15 is 0 Å². The molecule has 0 heterocycles. The van der Waals surface area contributed by atoms with Crippen molar-refractivity contribution in [3.05, 3.63) is 0 Å². The first-order valence-corrected chi connectivity index (χ1v) is 5.80. The lowest BCUT2D eigenvalue weighted by atomic mass is 10.5. The van der Waals surface area contributed by atoms with Crippen molar-refractivity contribution in [2.24, 2.45) is 0 Å². The van der Waals surface area contributed by atoms with Crippen LogP contribution in [0.4, 0.5) is 0 Å². The third kappa shape index (κ3) is 6.43. The predicted molar refractivity (Wildman–Crippen MR) is 48.7 cm³/mol. The topological polar surface area (TPSA) is 76.0 Å². The summed E-state index contributed by atoms with van der Waals surface area (Å²) in [5.41, 5.74) is 0. The molecule has 80 valence electrons. The number of hydrogen-bond acceptors (Lipinski definition) is 4. The summed E-state index contributed by atoms with van der Waals surface area (Å²) in [5, 5.41) is 8.55. The minimum atomic E-state index is -4.08. The van der Waals surface area contributed by atoms with Gasteiger partial charge in [0.15, 0.2) is 0 Å². The highest BCUT2D eigenvalue weighted by Crippen LogP contribution is 2.45. The average Bonchev–Trinajstić information content (AvgIpc) is 2.02. The summed E-state index contributed by atoms with van der Waals surface area (Å²) in [5.74, 6) is 0.0986. The Hall–Kier alpha value is 0.360. The monoisotopic (exact) mass is 232 g/mol. The van der Waals surface area contributed by atoms with Crippen LogP contribution in [0.2, 0.25) is 0 Å². The van der Waals surface area contributed by atoms with Crippen LogP contribution < -0.4 is 0 Å². The van der Waals surface area contributed by atoms with Crippen molar-refractivity contribution in [2.45, 2.75) is 26.1 Å². The summed E-state index contributed by atoms with van der Waals surface area (Å²) in [4.78, 5) is 9.06. The number of phosphoric acid groups is 1. The van der Waals surface area contributed by atoms with Crippen LogP contribution in [0.5, 0.6) is 0 Å². The Bertz CT molecular complexity index is 172. The summed E-state index contributed by atoms with van der Waals surface area (Å²) >= 11 is 5.37. The van der Waals surface area contributed by atoms with Crippen LogP contribution in [0.3, 0.4) is 0 Å². The molecule has 0 aliphatic rings. The van der Waals surface area contributed by atoms with Gasteiger partial charge in [0.05, 0.1) is 18.8 Å². The van der Waals surface area contributed by atoms with Gasteiger partial charge in [0.2, 0.25) is 0 Å². The molecule has 0 fully saturated rings. The fourth-order valence-corrected chi connectivity index (χ4v) is 1.79. The predicted octanol–water partition coefficient (Wildman–Crippen LogP) is 1.13. The Morgan fingerprint density at radius 1 is 1.38 bits per heavy atom. The van der Waals surface area contributed by atoms with Gasteiger partial charge in [0.25, 0.3) is 0 Å². The zero-order valence-corrected chi connectivity index (χ0v) is 9.16. The van der Waals surface area contributed by atoms with Crippen molar-refractivity contribution in [3.63, 3.8) is 0 Å². The van der Waals surface area contributed by atoms with Gasteiger partial charge in [-0.25, -0.2) is 4.57 Å². The molecule has 0 amide bonds. The van der Waals surface area contributed by atoms with Gasteiger partial charge in [-0.2, -0.15) is 0 Å². The second kappa shape index (κ2) is 5.96. The maximum absolute atomic E-state index is 11.1. The molecule has 0 aromatic rings. The number of phosphoric ester groups is 1. The smallest absolute Gasteiger partial charge is 0.394 e. The standard InChI is InChI=1S/C6H14ClO5P/c1-5(3-7)11-13(9,10)12-6(2)4-8/h5-6,8H,3-4H2,1-2H3,(H,9,10). The first-order valence-electron chi connectivity index (χ1n) is 3.77. The minimum Gasteiger partial charge on any atom is -0.394 e. The number of halogens is 1. The zero-order valence-electron chi connectivity index (χ0n) is 7.51. The van der Waals surface area contributed by atoms with Crippen molar-refractivity contribution >= 4 is 19.4 Å². The van der Waals surface area contributed by atoms with E-state index in [1.165, 1.54) is 6.92 Å². The van der Waals surface area contributed by atoms with Crippen molar-refractivity contribution in [1.82, 2.24) is 0 Å². The maximum Gasteiger partial charge on any atom is 0.472 e. The lowest BCUT2D eigenvalue weighted by Gasteiger charge is -2.18. The highest BCUT2D eigenvalue weighted by Gasteiger charge is 2.26. The minimum absolute atomic E-state index is 0.0986. The van der Waals surface area contributed by atoms with Crippen molar-refractivity contribution in [1.29, 1.82) is 0 Å². The van der Waals surface area contributed by atoms with Gasteiger partial charge in [0, 0.05) is 5.88 Å². The van der Waals surface area contributed by atoms with E-state index in [-0.39, 0.29) is 12.5 Å². The third-order valence-electron chi connectivity index (χ3n) is 1.10. The normalized spacial score (nSPS) is 20.7. The van der Waals surface area contributed by atoms with Gasteiger partial charge >= 0.3 is 7.82 Å². The molecule has 0 aliphatic carbocycles. The van der Waals surface area contributed by atoms with Gasteiger partial charge in [-0.15, -0.1) is 11.6 Å². The van der Waals surface area contributed by atoms with E-state index in [1.807, 2.05) is 0 Å². The first-order chi connectivity index (χ1) is 5.91. The molecule has 5 nitrogen and oxygen atoms in total. The molecular formula is C6H14ClO5P. The first kappa shape index (κ1) is 13.4. The van der Waals surface area contributed by atoms with Gasteiger partial charge in [-0.1, -0.05) is 0 Å². The fraction of sp³-hybridized carbons (Fsp3) is 1.00. The molecule has 3 atom stereocenters. The third-order valence-corrected chi connectivity index (χ3v) is 2.79. The zero-order chi connectivity index (χ0) is 10.5. The molecular weight excluding hydrogens is 218 g/mol. The highest BCUT2D eigenvalue weighted by atomic mass is 35.5. The summed E-state index contributed by atoms with van der Waals surface area (Å²) in [6, 6.07) is 0. The maximum atomic E-state index is 11.1. The average molecular weight is 233 g/mol. The molecule has 0 bridgehead atoms. The van der Waals surface area contributed by atoms with Gasteiger partial charge < -0.3 is 10.00 Å². The second-order valence-corrected chi connectivity index (χ2v) is 4.30. The quantitative estimate of drug-likeness (QED) is 0.530. The Kier molecular flexibility index (Phi) is 6.12. The molecule has 0 rings (SSSR count). The van der Waals surface area contributed by atoms with E-state index < -0.39 is 20.0 Å². The fourth-order valence-electron chi connectivity index (χ4n) is 0.541. The van der Waals surface area contributed by atoms with Crippen LogP contribution in [-0.4, -0.2) is 34.7 Å². The molecule has 0 aromatic heterocycles. The lowest BCUT2D eigenvalue weighted by Crippen LogP contribution is -2.15. The lowest BCUT2D eigenvalue weighted by molar-refractivity contribution is 0.0631. The molecule has 0 saturated carbocycles. The Labute approximate surface area is 82.2 Å². The number of aliphatic hydroxyl groups is 1. The summed E-state index contributed by atoms with van der Waals surface area (Å²) in [6.45, 7) is 2.66. The molecule has 7 heteroatoms. The largest absolute Gasteiger partial charge is 0.472 e. The van der Waals surface area contributed by atoms with Gasteiger partial charge in [-0.3, -0.25) is 9.05 Å². The van der Waals surface area contributed by atoms with Gasteiger partial charge in [-0.05, 0) is 13.8 Å². The van der Waals surface area contributed by atoms with Crippen molar-refractivity contribution in [2.75, 3.05) is 12.5 Å². The number of hydrogen-bond donors (Lipinski definition) is 2.